The maximum absolute atomic E-state index is 13.5. The number of nitrogens with two attached hydrogens (primary N) is 1. The number of aryl methyl sites for hydroxylation is 1. The average molecular weight is 435 g/mol. The van der Waals surface area contributed by atoms with Crippen molar-refractivity contribution in [3.8, 4) is 28.7 Å². The molecule has 0 saturated heterocycles. The molecular formula is C21H24F3N5O2. The zero-order chi connectivity index (χ0) is 22.4. The summed E-state index contributed by atoms with van der Waals surface area (Å²) in [5.74, 6) is -0.0307. The van der Waals surface area contributed by atoms with Gasteiger partial charge < -0.3 is 15.0 Å². The molecule has 0 unspecified atom stereocenters. The highest BCUT2D eigenvalue weighted by atomic mass is 19.4. The van der Waals surface area contributed by atoms with Gasteiger partial charge in [-0.15, -0.1) is 0 Å². The van der Waals surface area contributed by atoms with Crippen molar-refractivity contribution in [2.75, 3.05) is 13.2 Å². The molecule has 10 heteroatoms. The smallest absolute Gasteiger partial charge is 0.419 e. The summed E-state index contributed by atoms with van der Waals surface area (Å²) in [4.78, 5) is 4.34. The molecule has 166 valence electrons. The summed E-state index contributed by atoms with van der Waals surface area (Å²) >= 11 is 0. The number of aromatic nitrogens is 4. The van der Waals surface area contributed by atoms with Crippen molar-refractivity contribution in [1.29, 1.82) is 0 Å². The molecule has 2 N–H and O–H groups in total. The Bertz CT molecular complexity index is 1100. The number of ether oxygens (including phenoxy) is 1. The molecule has 4 rings (SSSR count). The fraction of sp³-hybridized carbons (Fsp3) is 0.476. The summed E-state index contributed by atoms with van der Waals surface area (Å²) in [6.45, 7) is 4.52. The molecule has 0 saturated carbocycles. The van der Waals surface area contributed by atoms with Crippen LogP contribution in [0.4, 0.5) is 13.2 Å². The van der Waals surface area contributed by atoms with E-state index in [-0.39, 0.29) is 41.6 Å². The Labute approximate surface area is 177 Å². The predicted octanol–water partition coefficient (Wildman–Crippen LogP) is 4.01. The van der Waals surface area contributed by atoms with Crippen LogP contribution in [0.5, 0.6) is 5.75 Å². The second-order valence-electron chi connectivity index (χ2n) is 8.51. The summed E-state index contributed by atoms with van der Waals surface area (Å²) in [5.41, 5.74) is 7.53. The highest BCUT2D eigenvalue weighted by Gasteiger charge is 2.36. The fourth-order valence-corrected chi connectivity index (χ4v) is 3.89. The predicted molar refractivity (Wildman–Crippen MR) is 107 cm³/mol. The Balaban J connectivity index is 1.69. The van der Waals surface area contributed by atoms with Gasteiger partial charge in [0.2, 0.25) is 5.82 Å². The van der Waals surface area contributed by atoms with Crippen molar-refractivity contribution in [1.82, 2.24) is 19.9 Å². The van der Waals surface area contributed by atoms with Crippen LogP contribution in [0, 0.1) is 5.41 Å². The Hall–Kier alpha value is -2.88. The standard InChI is InChI=1S/C21H24F3N5O2/c1-20(2)7-6-13-15(11-20)29(3)27-17(13)19-26-18(28-31-19)12-4-5-16(30-9-8-25)14(10-12)21(22,23)24/h4-5,10H,6-9,11,25H2,1-3H3. The number of hydrogen-bond donors (Lipinski definition) is 1. The SMILES string of the molecule is Cn1nc(-c2nc(-c3ccc(OCCN)c(C(F)(F)F)c3)no2)c2c1CC(C)(C)CC2. The van der Waals surface area contributed by atoms with Crippen molar-refractivity contribution >= 4 is 0 Å². The molecule has 0 radical (unpaired) electrons. The van der Waals surface area contributed by atoms with E-state index in [1.165, 1.54) is 12.1 Å². The quantitative estimate of drug-likeness (QED) is 0.651. The third kappa shape index (κ3) is 4.16. The maximum Gasteiger partial charge on any atom is 0.419 e. The summed E-state index contributed by atoms with van der Waals surface area (Å²) in [6, 6.07) is 3.66. The van der Waals surface area contributed by atoms with Crippen LogP contribution >= 0.6 is 0 Å². The molecule has 7 nitrogen and oxygen atoms in total. The van der Waals surface area contributed by atoms with Crippen LogP contribution in [0.25, 0.3) is 23.0 Å². The highest BCUT2D eigenvalue weighted by molar-refractivity contribution is 5.63. The zero-order valence-electron chi connectivity index (χ0n) is 17.6. The topological polar surface area (TPSA) is 92.0 Å². The van der Waals surface area contributed by atoms with Gasteiger partial charge in [-0.05, 0) is 42.9 Å². The number of alkyl halides is 3. The minimum Gasteiger partial charge on any atom is -0.492 e. The molecule has 0 atom stereocenters. The van der Waals surface area contributed by atoms with E-state index in [1.807, 2.05) is 11.7 Å². The van der Waals surface area contributed by atoms with Crippen molar-refractivity contribution in [2.45, 2.75) is 39.3 Å². The van der Waals surface area contributed by atoms with E-state index in [1.54, 1.807) is 0 Å². The minimum absolute atomic E-state index is 0.0175. The Morgan fingerprint density at radius 3 is 2.77 bits per heavy atom. The first-order valence-electron chi connectivity index (χ1n) is 10.0. The number of benzene rings is 1. The fourth-order valence-electron chi connectivity index (χ4n) is 3.89. The molecule has 1 aromatic carbocycles. The zero-order valence-corrected chi connectivity index (χ0v) is 17.6. The summed E-state index contributed by atoms with van der Waals surface area (Å²) < 4.78 is 52.9. The Kier molecular flexibility index (Phi) is 5.28. The van der Waals surface area contributed by atoms with E-state index in [4.69, 9.17) is 15.0 Å². The van der Waals surface area contributed by atoms with Gasteiger partial charge in [0.1, 0.15) is 12.4 Å². The van der Waals surface area contributed by atoms with E-state index in [2.05, 4.69) is 29.1 Å². The van der Waals surface area contributed by atoms with Crippen molar-refractivity contribution in [3.05, 3.63) is 35.0 Å². The normalized spacial score (nSPS) is 15.7. The molecule has 0 fully saturated rings. The highest BCUT2D eigenvalue weighted by Crippen LogP contribution is 2.40. The van der Waals surface area contributed by atoms with E-state index in [0.717, 1.165) is 36.6 Å². The van der Waals surface area contributed by atoms with Crippen molar-refractivity contribution in [3.63, 3.8) is 0 Å². The molecule has 1 aliphatic rings. The number of rotatable bonds is 5. The first kappa shape index (κ1) is 21.4. The molecule has 0 spiro atoms. The van der Waals surface area contributed by atoms with Crippen LogP contribution in [-0.2, 0) is 26.1 Å². The first-order chi connectivity index (χ1) is 14.6. The van der Waals surface area contributed by atoms with E-state index >= 15 is 0 Å². The number of fused-ring (bicyclic) bond motifs is 1. The maximum atomic E-state index is 13.5. The largest absolute Gasteiger partial charge is 0.492 e. The van der Waals surface area contributed by atoms with Gasteiger partial charge in [-0.25, -0.2) is 0 Å². The van der Waals surface area contributed by atoms with E-state index in [0.29, 0.717) is 5.69 Å². The van der Waals surface area contributed by atoms with Gasteiger partial charge in [0.25, 0.3) is 5.89 Å². The molecule has 3 aromatic rings. The lowest BCUT2D eigenvalue weighted by molar-refractivity contribution is -0.138. The van der Waals surface area contributed by atoms with Gasteiger partial charge in [-0.2, -0.15) is 23.3 Å². The third-order valence-corrected chi connectivity index (χ3v) is 5.52. The first-order valence-corrected chi connectivity index (χ1v) is 10.0. The monoisotopic (exact) mass is 435 g/mol. The van der Waals surface area contributed by atoms with Gasteiger partial charge >= 0.3 is 6.18 Å². The van der Waals surface area contributed by atoms with Gasteiger partial charge in [-0.3, -0.25) is 4.68 Å². The van der Waals surface area contributed by atoms with Crippen LogP contribution in [0.1, 0.15) is 37.1 Å². The Morgan fingerprint density at radius 2 is 2.06 bits per heavy atom. The van der Waals surface area contributed by atoms with E-state index in [9.17, 15) is 13.2 Å². The average Bonchev–Trinajstić information content (AvgIpc) is 3.30. The van der Waals surface area contributed by atoms with Crippen LogP contribution < -0.4 is 10.5 Å². The van der Waals surface area contributed by atoms with Gasteiger partial charge in [0.15, 0.2) is 5.69 Å². The number of nitrogens with zero attached hydrogens (tertiary/aromatic N) is 4. The van der Waals surface area contributed by atoms with Crippen molar-refractivity contribution in [2.24, 2.45) is 18.2 Å². The van der Waals surface area contributed by atoms with Gasteiger partial charge in [0.05, 0.1) is 5.56 Å². The lowest BCUT2D eigenvalue weighted by Crippen LogP contribution is -2.23. The second-order valence-corrected chi connectivity index (χ2v) is 8.51. The van der Waals surface area contributed by atoms with Crippen LogP contribution in [0.2, 0.25) is 0 Å². The minimum atomic E-state index is -4.60. The molecule has 2 heterocycles. The molecule has 0 bridgehead atoms. The van der Waals surface area contributed by atoms with Crippen LogP contribution in [-0.4, -0.2) is 33.1 Å². The number of hydrogen-bond acceptors (Lipinski definition) is 6. The third-order valence-electron chi connectivity index (χ3n) is 5.52. The lowest BCUT2D eigenvalue weighted by Gasteiger charge is -2.29. The van der Waals surface area contributed by atoms with Crippen molar-refractivity contribution < 1.29 is 22.4 Å². The summed E-state index contributed by atoms with van der Waals surface area (Å²) in [7, 11) is 1.87. The summed E-state index contributed by atoms with van der Waals surface area (Å²) in [5, 5.41) is 8.45. The van der Waals surface area contributed by atoms with Crippen LogP contribution in [0.15, 0.2) is 22.7 Å². The molecule has 0 amide bonds. The second kappa shape index (κ2) is 7.67. The van der Waals surface area contributed by atoms with Gasteiger partial charge in [-0.1, -0.05) is 19.0 Å². The van der Waals surface area contributed by atoms with E-state index < -0.39 is 11.7 Å². The number of halogens is 3. The van der Waals surface area contributed by atoms with Gasteiger partial charge in [0, 0.05) is 30.4 Å². The molecule has 0 aliphatic heterocycles. The molecule has 2 aromatic heterocycles. The van der Waals surface area contributed by atoms with Crippen LogP contribution in [0.3, 0.4) is 0 Å². The summed E-state index contributed by atoms with van der Waals surface area (Å²) in [6.07, 6.45) is -1.89. The molecule has 31 heavy (non-hydrogen) atoms. The molecular weight excluding hydrogens is 411 g/mol. The molecule has 1 aliphatic carbocycles. The Morgan fingerprint density at radius 1 is 1.29 bits per heavy atom. The lowest BCUT2D eigenvalue weighted by atomic mass is 9.76.